The van der Waals surface area contributed by atoms with Gasteiger partial charge in [-0.05, 0) is 18.2 Å². The molecule has 1 aromatic heterocycles. The van der Waals surface area contributed by atoms with Crippen molar-refractivity contribution in [3.05, 3.63) is 66.2 Å². The molecular formula is C19H20FN3O4S. The maximum Gasteiger partial charge on any atom is 0.243 e. The maximum atomic E-state index is 14.2. The first-order valence-corrected chi connectivity index (χ1v) is 9.94. The summed E-state index contributed by atoms with van der Waals surface area (Å²) in [5.41, 5.74) is 1.61. The van der Waals surface area contributed by atoms with Crippen LogP contribution in [0.2, 0.25) is 0 Å². The summed E-state index contributed by atoms with van der Waals surface area (Å²) in [7, 11) is -1.36. The Bertz CT molecular complexity index is 1050. The first-order valence-electron chi connectivity index (χ1n) is 8.46. The first-order chi connectivity index (χ1) is 13.4. The molecule has 3 aromatic rings. The van der Waals surface area contributed by atoms with Crippen LogP contribution in [0.25, 0.3) is 5.69 Å². The molecule has 2 aromatic carbocycles. The summed E-state index contributed by atoms with van der Waals surface area (Å²) in [6, 6.07) is 13.4. The van der Waals surface area contributed by atoms with Crippen LogP contribution >= 0.6 is 0 Å². The third-order valence-electron chi connectivity index (χ3n) is 4.07. The van der Waals surface area contributed by atoms with Crippen molar-refractivity contribution < 1.29 is 22.3 Å². The van der Waals surface area contributed by atoms with E-state index in [0.717, 1.165) is 17.8 Å². The minimum absolute atomic E-state index is 0.0714. The smallest absolute Gasteiger partial charge is 0.243 e. The predicted octanol–water partition coefficient (Wildman–Crippen LogP) is 2.55. The van der Waals surface area contributed by atoms with E-state index in [1.54, 1.807) is 16.9 Å². The largest absolute Gasteiger partial charge is 0.493 e. The zero-order chi connectivity index (χ0) is 20.1. The van der Waals surface area contributed by atoms with Gasteiger partial charge in [-0.2, -0.15) is 5.10 Å². The van der Waals surface area contributed by atoms with E-state index >= 15 is 0 Å². The number of sulfonamides is 1. The van der Waals surface area contributed by atoms with Gasteiger partial charge in [-0.3, -0.25) is 0 Å². The summed E-state index contributed by atoms with van der Waals surface area (Å²) in [6.07, 6.45) is 2.15. The molecule has 3 rings (SSSR count). The first kappa shape index (κ1) is 19.8. The molecule has 0 atom stereocenters. The van der Waals surface area contributed by atoms with Crippen LogP contribution in [0.4, 0.5) is 4.39 Å². The SMILES string of the molecule is COc1cc(F)c(S(=O)(=O)NCCc2ccn(-c3ccccc3)n2)cc1OC. The Hall–Kier alpha value is -2.91. The lowest BCUT2D eigenvalue weighted by atomic mass is 10.3. The Balaban J connectivity index is 1.68. The molecule has 0 spiro atoms. The van der Waals surface area contributed by atoms with Gasteiger partial charge in [0.1, 0.15) is 10.7 Å². The quantitative estimate of drug-likeness (QED) is 0.623. The predicted molar refractivity (Wildman–Crippen MR) is 102 cm³/mol. The van der Waals surface area contributed by atoms with Crippen molar-refractivity contribution in [1.82, 2.24) is 14.5 Å². The Morgan fingerprint density at radius 3 is 2.43 bits per heavy atom. The fourth-order valence-electron chi connectivity index (χ4n) is 2.65. The molecule has 9 heteroatoms. The molecule has 0 radical (unpaired) electrons. The molecule has 1 heterocycles. The maximum absolute atomic E-state index is 14.2. The van der Waals surface area contributed by atoms with Crippen molar-refractivity contribution in [3.63, 3.8) is 0 Å². The molecule has 0 saturated heterocycles. The number of hydrogen-bond acceptors (Lipinski definition) is 5. The third-order valence-corrected chi connectivity index (χ3v) is 5.54. The van der Waals surface area contributed by atoms with Crippen LogP contribution in [0.15, 0.2) is 59.6 Å². The van der Waals surface area contributed by atoms with Gasteiger partial charge in [0.2, 0.25) is 10.0 Å². The number of ether oxygens (including phenoxy) is 2. The van der Waals surface area contributed by atoms with E-state index < -0.39 is 20.7 Å². The topological polar surface area (TPSA) is 82.5 Å². The monoisotopic (exact) mass is 405 g/mol. The summed E-state index contributed by atoms with van der Waals surface area (Å²) < 4.78 is 53.3. The molecule has 0 bridgehead atoms. The summed E-state index contributed by atoms with van der Waals surface area (Å²) in [6.45, 7) is 0.0714. The Labute approximate surface area is 162 Å². The van der Waals surface area contributed by atoms with E-state index in [9.17, 15) is 12.8 Å². The summed E-state index contributed by atoms with van der Waals surface area (Å²) >= 11 is 0. The minimum Gasteiger partial charge on any atom is -0.493 e. The van der Waals surface area contributed by atoms with E-state index in [1.165, 1.54) is 14.2 Å². The second-order valence-electron chi connectivity index (χ2n) is 5.87. The molecule has 0 saturated carbocycles. The van der Waals surface area contributed by atoms with Crippen molar-refractivity contribution in [2.75, 3.05) is 20.8 Å². The summed E-state index contributed by atoms with van der Waals surface area (Å²) in [5, 5.41) is 4.41. The Kier molecular flexibility index (Phi) is 5.96. The van der Waals surface area contributed by atoms with Crippen LogP contribution in [-0.4, -0.2) is 39.0 Å². The van der Waals surface area contributed by atoms with E-state index in [0.29, 0.717) is 12.1 Å². The van der Waals surface area contributed by atoms with Gasteiger partial charge in [-0.25, -0.2) is 22.2 Å². The van der Waals surface area contributed by atoms with E-state index in [1.807, 2.05) is 30.3 Å². The summed E-state index contributed by atoms with van der Waals surface area (Å²) in [5.74, 6) is -0.671. The van der Waals surface area contributed by atoms with Crippen LogP contribution in [0.1, 0.15) is 5.69 Å². The number of aromatic nitrogens is 2. The van der Waals surface area contributed by atoms with Gasteiger partial charge >= 0.3 is 0 Å². The van der Waals surface area contributed by atoms with Crippen LogP contribution in [0.3, 0.4) is 0 Å². The highest BCUT2D eigenvalue weighted by Crippen LogP contribution is 2.31. The zero-order valence-electron chi connectivity index (χ0n) is 15.4. The van der Waals surface area contributed by atoms with Gasteiger partial charge in [0.15, 0.2) is 11.5 Å². The van der Waals surface area contributed by atoms with Gasteiger partial charge < -0.3 is 9.47 Å². The van der Waals surface area contributed by atoms with Crippen molar-refractivity contribution in [2.24, 2.45) is 0 Å². The van der Waals surface area contributed by atoms with Crippen molar-refractivity contribution in [1.29, 1.82) is 0 Å². The number of nitrogens with one attached hydrogen (secondary N) is 1. The van der Waals surface area contributed by atoms with Crippen molar-refractivity contribution in [2.45, 2.75) is 11.3 Å². The lowest BCUT2D eigenvalue weighted by Gasteiger charge is -2.12. The molecule has 0 amide bonds. The lowest BCUT2D eigenvalue weighted by Crippen LogP contribution is -2.27. The highest BCUT2D eigenvalue weighted by Gasteiger charge is 2.22. The van der Waals surface area contributed by atoms with Crippen LogP contribution in [0, 0.1) is 5.82 Å². The average molecular weight is 405 g/mol. The fraction of sp³-hybridized carbons (Fsp3) is 0.211. The van der Waals surface area contributed by atoms with Crippen LogP contribution in [0.5, 0.6) is 11.5 Å². The number of nitrogens with zero attached hydrogens (tertiary/aromatic N) is 2. The van der Waals surface area contributed by atoms with Crippen molar-refractivity contribution >= 4 is 10.0 Å². The Morgan fingerprint density at radius 2 is 1.75 bits per heavy atom. The minimum atomic E-state index is -4.06. The number of methoxy groups -OCH3 is 2. The third kappa shape index (κ3) is 4.32. The van der Waals surface area contributed by atoms with Crippen LogP contribution in [-0.2, 0) is 16.4 Å². The van der Waals surface area contributed by atoms with Gasteiger partial charge in [0.25, 0.3) is 0 Å². The van der Waals surface area contributed by atoms with Gasteiger partial charge in [-0.15, -0.1) is 0 Å². The van der Waals surface area contributed by atoms with Gasteiger partial charge in [-0.1, -0.05) is 18.2 Å². The Morgan fingerprint density at radius 1 is 1.07 bits per heavy atom. The van der Waals surface area contributed by atoms with Crippen LogP contribution < -0.4 is 14.2 Å². The van der Waals surface area contributed by atoms with Gasteiger partial charge in [0, 0.05) is 31.3 Å². The second kappa shape index (κ2) is 8.41. The molecule has 0 aliphatic heterocycles. The number of para-hydroxylation sites is 1. The zero-order valence-corrected chi connectivity index (χ0v) is 16.2. The number of halogens is 1. The van der Waals surface area contributed by atoms with Crippen molar-refractivity contribution in [3.8, 4) is 17.2 Å². The summed E-state index contributed by atoms with van der Waals surface area (Å²) in [4.78, 5) is -0.500. The van der Waals surface area contributed by atoms with E-state index in [-0.39, 0.29) is 18.0 Å². The fourth-order valence-corrected chi connectivity index (χ4v) is 3.76. The lowest BCUT2D eigenvalue weighted by molar-refractivity contribution is 0.350. The second-order valence-corrected chi connectivity index (χ2v) is 7.61. The molecule has 0 aliphatic rings. The normalized spacial score (nSPS) is 11.4. The number of benzene rings is 2. The number of hydrogen-bond donors (Lipinski definition) is 1. The average Bonchev–Trinajstić information content (AvgIpc) is 3.17. The molecular weight excluding hydrogens is 385 g/mol. The van der Waals surface area contributed by atoms with Gasteiger partial charge in [0.05, 0.1) is 25.6 Å². The van der Waals surface area contributed by atoms with E-state index in [4.69, 9.17) is 9.47 Å². The highest BCUT2D eigenvalue weighted by molar-refractivity contribution is 7.89. The molecule has 0 fully saturated rings. The highest BCUT2D eigenvalue weighted by atomic mass is 32.2. The molecule has 1 N–H and O–H groups in total. The molecule has 0 unspecified atom stereocenters. The number of rotatable bonds is 8. The molecule has 148 valence electrons. The molecule has 7 nitrogen and oxygen atoms in total. The van der Waals surface area contributed by atoms with E-state index in [2.05, 4.69) is 9.82 Å². The standard InChI is InChI=1S/C19H20FN3O4S/c1-26-17-12-16(20)19(13-18(17)27-2)28(24,25)21-10-8-14-9-11-23(22-14)15-6-4-3-5-7-15/h3-7,9,11-13,21H,8,10H2,1-2H3. The molecule has 28 heavy (non-hydrogen) atoms. The molecule has 0 aliphatic carbocycles.